The van der Waals surface area contributed by atoms with Gasteiger partial charge in [-0.2, -0.15) is 0 Å². The summed E-state index contributed by atoms with van der Waals surface area (Å²) >= 11 is 0. The summed E-state index contributed by atoms with van der Waals surface area (Å²) in [6.07, 6.45) is 1.23. The zero-order valence-electron chi connectivity index (χ0n) is 7.39. The Bertz CT molecular complexity index is 126. The first-order valence-electron chi connectivity index (χ1n) is 4.11. The van der Waals surface area contributed by atoms with E-state index in [4.69, 9.17) is 0 Å². The molecule has 1 fully saturated rings. The maximum Gasteiger partial charge on any atom is 0.0540 e. The molecule has 1 aliphatic rings. The van der Waals surface area contributed by atoms with Crippen LogP contribution in [0.25, 0.3) is 0 Å². The first kappa shape index (κ1) is 8.28. The Morgan fingerprint density at radius 1 is 1.40 bits per heavy atom. The van der Waals surface area contributed by atoms with Crippen molar-refractivity contribution in [3.05, 3.63) is 0 Å². The van der Waals surface area contributed by atoms with E-state index >= 15 is 0 Å². The van der Waals surface area contributed by atoms with Gasteiger partial charge < -0.3 is 5.11 Å². The van der Waals surface area contributed by atoms with Gasteiger partial charge in [0.2, 0.25) is 0 Å². The van der Waals surface area contributed by atoms with Crippen molar-refractivity contribution in [2.75, 3.05) is 0 Å². The summed E-state index contributed by atoms with van der Waals surface area (Å²) in [7, 11) is -0.909. The van der Waals surface area contributed by atoms with Gasteiger partial charge in [0.05, 0.1) is 6.10 Å². The van der Waals surface area contributed by atoms with Crippen LogP contribution in [0.15, 0.2) is 0 Å². The Morgan fingerprint density at radius 3 is 2.00 bits per heavy atom. The van der Waals surface area contributed by atoms with E-state index in [1.807, 2.05) is 6.92 Å². The standard InChI is InChI=1S/C8H18OSi/c1-6(9)7-5-8(7)10(2,3)4/h6-9H,5H2,1-4H3/t6-,7-,8+/m0/s1. The number of aliphatic hydroxyl groups is 1. The normalized spacial score (nSPS) is 35.7. The molecule has 2 heteroatoms. The molecule has 10 heavy (non-hydrogen) atoms. The summed E-state index contributed by atoms with van der Waals surface area (Å²) in [6, 6.07) is 0. The van der Waals surface area contributed by atoms with E-state index in [1.54, 1.807) is 0 Å². The molecular weight excluding hydrogens is 140 g/mol. The lowest BCUT2D eigenvalue weighted by Crippen LogP contribution is -2.22. The lowest BCUT2D eigenvalue weighted by Gasteiger charge is -2.16. The maximum atomic E-state index is 9.25. The van der Waals surface area contributed by atoms with E-state index < -0.39 is 8.07 Å². The zero-order chi connectivity index (χ0) is 7.94. The van der Waals surface area contributed by atoms with Gasteiger partial charge in [0.1, 0.15) is 0 Å². The quantitative estimate of drug-likeness (QED) is 0.610. The molecule has 0 amide bonds. The molecule has 0 saturated heterocycles. The molecule has 1 nitrogen and oxygen atoms in total. The highest BCUT2D eigenvalue weighted by atomic mass is 28.3. The molecule has 0 unspecified atom stereocenters. The summed E-state index contributed by atoms with van der Waals surface area (Å²) in [5.74, 6) is 0.645. The highest BCUT2D eigenvalue weighted by molar-refractivity contribution is 6.78. The predicted octanol–water partition coefficient (Wildman–Crippen LogP) is 2.10. The van der Waals surface area contributed by atoms with Crippen molar-refractivity contribution in [1.82, 2.24) is 0 Å². The fraction of sp³-hybridized carbons (Fsp3) is 1.00. The molecule has 0 heterocycles. The van der Waals surface area contributed by atoms with Gasteiger partial charge in [-0.3, -0.25) is 0 Å². The molecule has 1 rings (SSSR count). The minimum Gasteiger partial charge on any atom is -0.393 e. The molecule has 1 N–H and O–H groups in total. The van der Waals surface area contributed by atoms with Crippen LogP contribution in [0.3, 0.4) is 0 Å². The third-order valence-electron chi connectivity index (χ3n) is 2.57. The summed E-state index contributed by atoms with van der Waals surface area (Å²) in [5.41, 5.74) is 0.896. The van der Waals surface area contributed by atoms with Crippen LogP contribution in [0, 0.1) is 5.92 Å². The molecule has 0 bridgehead atoms. The molecule has 3 atom stereocenters. The second-order valence-electron chi connectivity index (χ2n) is 4.61. The van der Waals surface area contributed by atoms with E-state index in [0.717, 1.165) is 5.54 Å². The molecule has 0 aromatic carbocycles. The van der Waals surface area contributed by atoms with Gasteiger partial charge in [0.15, 0.2) is 0 Å². The molecule has 1 aliphatic carbocycles. The Hall–Kier alpha value is 0.177. The van der Waals surface area contributed by atoms with E-state index in [0.29, 0.717) is 5.92 Å². The Labute approximate surface area is 64.5 Å². The number of aliphatic hydroxyl groups excluding tert-OH is 1. The minimum absolute atomic E-state index is 0.0586. The van der Waals surface area contributed by atoms with Gasteiger partial charge in [0.25, 0.3) is 0 Å². The van der Waals surface area contributed by atoms with Crippen molar-refractivity contribution in [1.29, 1.82) is 0 Å². The number of hydrogen-bond acceptors (Lipinski definition) is 1. The van der Waals surface area contributed by atoms with Gasteiger partial charge >= 0.3 is 0 Å². The fourth-order valence-corrected chi connectivity index (χ4v) is 4.29. The van der Waals surface area contributed by atoms with Gasteiger partial charge in [-0.05, 0) is 24.8 Å². The van der Waals surface area contributed by atoms with Crippen LogP contribution in [-0.2, 0) is 0 Å². The topological polar surface area (TPSA) is 20.2 Å². The smallest absolute Gasteiger partial charge is 0.0540 e. The number of hydrogen-bond donors (Lipinski definition) is 1. The van der Waals surface area contributed by atoms with Crippen molar-refractivity contribution in [3.63, 3.8) is 0 Å². The van der Waals surface area contributed by atoms with Crippen LogP contribution in [0.4, 0.5) is 0 Å². The van der Waals surface area contributed by atoms with Crippen molar-refractivity contribution in [2.45, 2.75) is 44.6 Å². The summed E-state index contributed by atoms with van der Waals surface area (Å²) in [4.78, 5) is 0. The van der Waals surface area contributed by atoms with Crippen molar-refractivity contribution < 1.29 is 5.11 Å². The highest BCUT2D eigenvalue weighted by Crippen LogP contribution is 2.53. The second kappa shape index (κ2) is 2.34. The van der Waals surface area contributed by atoms with Crippen LogP contribution in [0.5, 0.6) is 0 Å². The molecule has 0 spiro atoms. The van der Waals surface area contributed by atoms with Crippen molar-refractivity contribution in [3.8, 4) is 0 Å². The molecule has 0 aliphatic heterocycles. The Balaban J connectivity index is 2.39. The van der Waals surface area contributed by atoms with Crippen LogP contribution in [0.2, 0.25) is 25.2 Å². The molecule has 60 valence electrons. The van der Waals surface area contributed by atoms with Gasteiger partial charge in [-0.15, -0.1) is 0 Å². The van der Waals surface area contributed by atoms with Crippen molar-refractivity contribution in [2.24, 2.45) is 5.92 Å². The Morgan fingerprint density at radius 2 is 1.90 bits per heavy atom. The summed E-state index contributed by atoms with van der Waals surface area (Å²) < 4.78 is 0. The first-order valence-corrected chi connectivity index (χ1v) is 7.68. The van der Waals surface area contributed by atoms with Crippen LogP contribution >= 0.6 is 0 Å². The molecule has 0 radical (unpaired) electrons. The lowest BCUT2D eigenvalue weighted by atomic mass is 10.3. The second-order valence-corrected chi connectivity index (χ2v) is 10.1. The monoisotopic (exact) mass is 158 g/mol. The molecular formula is C8H18OSi. The minimum atomic E-state index is -0.909. The van der Waals surface area contributed by atoms with Crippen LogP contribution < -0.4 is 0 Å². The van der Waals surface area contributed by atoms with E-state index in [1.165, 1.54) is 6.42 Å². The highest BCUT2D eigenvalue weighted by Gasteiger charge is 2.48. The third-order valence-corrected chi connectivity index (χ3v) is 5.46. The molecule has 0 aromatic heterocycles. The van der Waals surface area contributed by atoms with Gasteiger partial charge in [-0.1, -0.05) is 19.6 Å². The van der Waals surface area contributed by atoms with Crippen LogP contribution in [0.1, 0.15) is 13.3 Å². The predicted molar refractivity (Wildman–Crippen MR) is 46.9 cm³/mol. The third kappa shape index (κ3) is 1.61. The summed E-state index contributed by atoms with van der Waals surface area (Å²) in [6.45, 7) is 9.09. The van der Waals surface area contributed by atoms with E-state index in [9.17, 15) is 5.11 Å². The zero-order valence-corrected chi connectivity index (χ0v) is 8.39. The number of rotatable bonds is 2. The average Bonchev–Trinajstić information content (AvgIpc) is 2.35. The average molecular weight is 158 g/mol. The molecule has 0 aromatic rings. The van der Waals surface area contributed by atoms with Gasteiger partial charge in [-0.25, -0.2) is 0 Å². The maximum absolute atomic E-state index is 9.25. The van der Waals surface area contributed by atoms with E-state index in [2.05, 4.69) is 19.6 Å². The van der Waals surface area contributed by atoms with Crippen molar-refractivity contribution >= 4 is 8.07 Å². The Kier molecular flexibility index (Phi) is 1.94. The lowest BCUT2D eigenvalue weighted by molar-refractivity contribution is 0.171. The van der Waals surface area contributed by atoms with E-state index in [-0.39, 0.29) is 6.10 Å². The first-order chi connectivity index (χ1) is 4.43. The largest absolute Gasteiger partial charge is 0.393 e. The fourth-order valence-electron chi connectivity index (χ4n) is 1.74. The van der Waals surface area contributed by atoms with Gasteiger partial charge in [0, 0.05) is 8.07 Å². The molecule has 1 saturated carbocycles. The summed E-state index contributed by atoms with van der Waals surface area (Å²) in [5, 5.41) is 9.25. The SMILES string of the molecule is C[C@H](O)[C@@H]1C[C@H]1[Si](C)(C)C. The van der Waals surface area contributed by atoms with Crippen LogP contribution in [-0.4, -0.2) is 19.3 Å².